The fourth-order valence-electron chi connectivity index (χ4n) is 2.64. The zero-order chi connectivity index (χ0) is 11.0. The highest BCUT2D eigenvalue weighted by molar-refractivity contribution is 5.86. The molecule has 1 aliphatic carbocycles. The Kier molecular flexibility index (Phi) is 2.56. The molecule has 0 N–H and O–H groups in total. The maximum absolute atomic E-state index is 11.0. The Hall–Kier alpha value is -1.06. The van der Waals surface area contributed by atoms with Crippen molar-refractivity contribution >= 4 is 11.9 Å². The van der Waals surface area contributed by atoms with E-state index >= 15 is 0 Å². The van der Waals surface area contributed by atoms with Crippen LogP contribution in [-0.4, -0.2) is 11.9 Å². The Balaban J connectivity index is 3.11. The lowest BCUT2D eigenvalue weighted by Crippen LogP contribution is -2.66. The van der Waals surface area contributed by atoms with Gasteiger partial charge in [0.2, 0.25) is 0 Å². The number of hydrogen-bond donors (Lipinski definition) is 0. The average Bonchev–Trinajstić information content (AvgIpc) is 2.04. The summed E-state index contributed by atoms with van der Waals surface area (Å²) in [6.45, 7) is 3.37. The van der Waals surface area contributed by atoms with Crippen LogP contribution in [0.15, 0.2) is 0 Å². The first-order valence-corrected chi connectivity index (χ1v) is 4.89. The standard InChI is InChI=1S/C10H16O4/c1-3-9(7(11)12)5-6-10(9,4-2)8(13)14/h3-6H2,1-2H3,(H,11,12)(H,13,14)/p-2. The predicted octanol–water partition coefficient (Wildman–Crippen LogP) is -0.927. The highest BCUT2D eigenvalue weighted by atomic mass is 16.4. The van der Waals surface area contributed by atoms with Crippen LogP contribution in [0.3, 0.4) is 0 Å². The van der Waals surface area contributed by atoms with Gasteiger partial charge in [-0.05, 0) is 25.7 Å². The second kappa shape index (κ2) is 3.26. The third kappa shape index (κ3) is 0.996. The second-order valence-electron chi connectivity index (χ2n) is 3.95. The molecular formula is C10H14O4-2. The molecule has 0 aromatic rings. The molecule has 4 heteroatoms. The van der Waals surface area contributed by atoms with E-state index in [1.165, 1.54) is 0 Å². The molecule has 0 saturated heterocycles. The van der Waals surface area contributed by atoms with E-state index < -0.39 is 22.8 Å². The lowest BCUT2D eigenvalue weighted by atomic mass is 9.47. The van der Waals surface area contributed by atoms with Crippen molar-refractivity contribution in [2.45, 2.75) is 39.5 Å². The van der Waals surface area contributed by atoms with Gasteiger partial charge in [0.25, 0.3) is 0 Å². The number of rotatable bonds is 4. The normalized spacial score (nSPS) is 36.1. The zero-order valence-electron chi connectivity index (χ0n) is 8.46. The van der Waals surface area contributed by atoms with Gasteiger partial charge in [-0.25, -0.2) is 0 Å². The molecule has 1 rings (SSSR count). The van der Waals surface area contributed by atoms with Gasteiger partial charge in [0.15, 0.2) is 0 Å². The summed E-state index contributed by atoms with van der Waals surface area (Å²) in [5, 5.41) is 22.0. The fraction of sp³-hybridized carbons (Fsp3) is 0.800. The Labute approximate surface area is 82.9 Å². The molecule has 14 heavy (non-hydrogen) atoms. The second-order valence-corrected chi connectivity index (χ2v) is 3.95. The maximum Gasteiger partial charge on any atom is 0.0485 e. The smallest absolute Gasteiger partial charge is 0.0485 e. The summed E-state index contributed by atoms with van der Waals surface area (Å²) in [5.74, 6) is -2.50. The van der Waals surface area contributed by atoms with Gasteiger partial charge in [0, 0.05) is 22.8 Å². The molecule has 0 heterocycles. The van der Waals surface area contributed by atoms with Crippen LogP contribution < -0.4 is 10.2 Å². The van der Waals surface area contributed by atoms with E-state index in [1.807, 2.05) is 0 Å². The van der Waals surface area contributed by atoms with Crippen molar-refractivity contribution in [3.63, 3.8) is 0 Å². The molecule has 4 nitrogen and oxygen atoms in total. The highest BCUT2D eigenvalue weighted by Gasteiger charge is 2.58. The van der Waals surface area contributed by atoms with Crippen molar-refractivity contribution in [2.24, 2.45) is 10.8 Å². The fourth-order valence-corrected chi connectivity index (χ4v) is 2.64. The van der Waals surface area contributed by atoms with E-state index in [-0.39, 0.29) is 12.8 Å². The van der Waals surface area contributed by atoms with Gasteiger partial charge in [-0.1, -0.05) is 13.8 Å². The number of carboxylic acids is 2. The van der Waals surface area contributed by atoms with E-state index in [0.717, 1.165) is 0 Å². The average molecular weight is 198 g/mol. The Morgan fingerprint density at radius 2 is 1.29 bits per heavy atom. The highest BCUT2D eigenvalue weighted by Crippen LogP contribution is 2.60. The van der Waals surface area contributed by atoms with Crippen LogP contribution in [0.25, 0.3) is 0 Å². The zero-order valence-corrected chi connectivity index (χ0v) is 8.46. The summed E-state index contributed by atoms with van der Waals surface area (Å²) in [6.07, 6.45) is 1.34. The molecule has 0 radical (unpaired) electrons. The lowest BCUT2D eigenvalue weighted by Gasteiger charge is -2.60. The summed E-state index contributed by atoms with van der Waals surface area (Å²) >= 11 is 0. The number of carbonyl (C=O) groups excluding carboxylic acids is 2. The number of carbonyl (C=O) groups is 2. The molecule has 2 unspecified atom stereocenters. The van der Waals surface area contributed by atoms with Gasteiger partial charge in [0.1, 0.15) is 0 Å². The minimum absolute atomic E-state index is 0.289. The topological polar surface area (TPSA) is 80.3 Å². The Morgan fingerprint density at radius 1 is 1.00 bits per heavy atom. The maximum atomic E-state index is 11.0. The summed E-state index contributed by atoms with van der Waals surface area (Å²) in [6, 6.07) is 0. The van der Waals surface area contributed by atoms with E-state index in [1.54, 1.807) is 13.8 Å². The Morgan fingerprint density at radius 3 is 1.36 bits per heavy atom. The van der Waals surface area contributed by atoms with Crippen molar-refractivity contribution in [2.75, 3.05) is 0 Å². The predicted molar refractivity (Wildman–Crippen MR) is 44.7 cm³/mol. The first-order valence-electron chi connectivity index (χ1n) is 4.89. The van der Waals surface area contributed by atoms with Gasteiger partial charge in [-0.3, -0.25) is 0 Å². The van der Waals surface area contributed by atoms with Gasteiger partial charge in [0.05, 0.1) is 0 Å². The lowest BCUT2D eigenvalue weighted by molar-refractivity contribution is -0.357. The van der Waals surface area contributed by atoms with Crippen LogP contribution in [0.5, 0.6) is 0 Å². The molecule has 0 aromatic heterocycles. The molecule has 80 valence electrons. The van der Waals surface area contributed by atoms with Crippen molar-refractivity contribution in [1.29, 1.82) is 0 Å². The molecule has 2 atom stereocenters. The van der Waals surface area contributed by atoms with Crippen LogP contribution in [0.4, 0.5) is 0 Å². The van der Waals surface area contributed by atoms with Gasteiger partial charge in [-0.2, -0.15) is 0 Å². The van der Waals surface area contributed by atoms with Crippen LogP contribution in [-0.2, 0) is 9.59 Å². The minimum atomic E-state index is -1.25. The largest absolute Gasteiger partial charge is 0.550 e. The van der Waals surface area contributed by atoms with Crippen molar-refractivity contribution in [3.8, 4) is 0 Å². The van der Waals surface area contributed by atoms with Crippen molar-refractivity contribution < 1.29 is 19.8 Å². The Bertz CT molecular complexity index is 237. The van der Waals surface area contributed by atoms with Crippen LogP contribution in [0.1, 0.15) is 39.5 Å². The molecule has 0 bridgehead atoms. The molecule has 0 aromatic carbocycles. The summed E-state index contributed by atoms with van der Waals surface area (Å²) in [7, 11) is 0. The SMILES string of the molecule is CCC1(C(=O)[O-])CCC1(CC)C(=O)[O-]. The molecule has 0 amide bonds. The summed E-state index contributed by atoms with van der Waals surface area (Å²) in [4.78, 5) is 22.0. The number of carboxylic acid groups (broad SMARTS) is 2. The first-order chi connectivity index (χ1) is 6.47. The minimum Gasteiger partial charge on any atom is -0.550 e. The van der Waals surface area contributed by atoms with Crippen molar-refractivity contribution in [3.05, 3.63) is 0 Å². The van der Waals surface area contributed by atoms with E-state index in [0.29, 0.717) is 12.8 Å². The third-order valence-electron chi connectivity index (χ3n) is 3.88. The number of aliphatic carboxylic acids is 2. The molecule has 1 aliphatic rings. The summed E-state index contributed by atoms with van der Waals surface area (Å²) in [5.41, 5.74) is -2.42. The molecule has 0 aliphatic heterocycles. The van der Waals surface area contributed by atoms with E-state index in [2.05, 4.69) is 0 Å². The van der Waals surface area contributed by atoms with Crippen molar-refractivity contribution in [1.82, 2.24) is 0 Å². The number of hydrogen-bond acceptors (Lipinski definition) is 4. The van der Waals surface area contributed by atoms with Crippen LogP contribution in [0, 0.1) is 10.8 Å². The molecule has 1 saturated carbocycles. The van der Waals surface area contributed by atoms with Crippen LogP contribution in [0.2, 0.25) is 0 Å². The monoisotopic (exact) mass is 198 g/mol. The summed E-state index contributed by atoms with van der Waals surface area (Å²) < 4.78 is 0. The van der Waals surface area contributed by atoms with Gasteiger partial charge < -0.3 is 19.8 Å². The van der Waals surface area contributed by atoms with E-state index in [9.17, 15) is 19.8 Å². The third-order valence-corrected chi connectivity index (χ3v) is 3.88. The molecular weight excluding hydrogens is 184 g/mol. The van der Waals surface area contributed by atoms with Gasteiger partial charge >= 0.3 is 0 Å². The van der Waals surface area contributed by atoms with Gasteiger partial charge in [-0.15, -0.1) is 0 Å². The van der Waals surface area contributed by atoms with Crippen LogP contribution >= 0.6 is 0 Å². The first kappa shape index (κ1) is 11.0. The van der Waals surface area contributed by atoms with E-state index in [4.69, 9.17) is 0 Å². The molecule has 0 spiro atoms. The quantitative estimate of drug-likeness (QED) is 0.584. The molecule has 1 fully saturated rings.